The van der Waals surface area contributed by atoms with E-state index in [4.69, 9.17) is 5.73 Å². The maximum atomic E-state index is 11.0. The summed E-state index contributed by atoms with van der Waals surface area (Å²) in [5.74, 6) is 0.667. The molecule has 0 spiro atoms. The van der Waals surface area contributed by atoms with E-state index < -0.39 is 0 Å². The predicted molar refractivity (Wildman–Crippen MR) is 96.5 cm³/mol. The number of hydrogen-bond donors (Lipinski definition) is 3. The minimum absolute atomic E-state index is 0.245. The Morgan fingerprint density at radius 1 is 1.30 bits per heavy atom. The molecule has 1 heterocycles. The standard InChI is InChI=1S/C17H35N5O/c1-5-19-16(20-10-6-9-17(2,3)4)21-14-7-11-22(12-8-14)13-15(18)23/h14H,5-13H2,1-4H3,(H2,18,23)(H2,19,20,21). The van der Waals surface area contributed by atoms with Gasteiger partial charge in [-0.1, -0.05) is 20.8 Å². The first-order valence-corrected chi connectivity index (χ1v) is 8.85. The average molecular weight is 326 g/mol. The van der Waals surface area contributed by atoms with Crippen molar-refractivity contribution in [2.45, 2.75) is 59.4 Å². The second-order valence-corrected chi connectivity index (χ2v) is 7.59. The van der Waals surface area contributed by atoms with E-state index in [1.165, 1.54) is 6.42 Å². The second kappa shape index (κ2) is 9.75. The monoisotopic (exact) mass is 325 g/mol. The molecule has 0 bridgehead atoms. The van der Waals surface area contributed by atoms with Crippen molar-refractivity contribution in [3.63, 3.8) is 0 Å². The number of hydrogen-bond acceptors (Lipinski definition) is 3. The van der Waals surface area contributed by atoms with Crippen molar-refractivity contribution < 1.29 is 4.79 Å². The van der Waals surface area contributed by atoms with Crippen molar-refractivity contribution in [3.05, 3.63) is 0 Å². The number of guanidine groups is 1. The van der Waals surface area contributed by atoms with Crippen LogP contribution in [-0.2, 0) is 4.79 Å². The number of nitrogens with two attached hydrogens (primary N) is 1. The Labute approximate surface area is 141 Å². The number of amides is 1. The van der Waals surface area contributed by atoms with E-state index in [0.717, 1.165) is 51.4 Å². The molecule has 1 aliphatic heterocycles. The van der Waals surface area contributed by atoms with Gasteiger partial charge in [0.05, 0.1) is 6.54 Å². The number of rotatable bonds is 7. The summed E-state index contributed by atoms with van der Waals surface area (Å²) in [7, 11) is 0. The topological polar surface area (TPSA) is 82.8 Å². The molecule has 0 aliphatic carbocycles. The molecule has 6 heteroatoms. The molecule has 0 atom stereocenters. The highest BCUT2D eigenvalue weighted by molar-refractivity contribution is 5.80. The van der Waals surface area contributed by atoms with Gasteiger partial charge in [0, 0.05) is 32.2 Å². The number of nitrogens with one attached hydrogen (secondary N) is 2. The lowest BCUT2D eigenvalue weighted by Gasteiger charge is -2.32. The van der Waals surface area contributed by atoms with Crippen molar-refractivity contribution in [2.24, 2.45) is 16.1 Å². The molecule has 0 unspecified atom stereocenters. The third-order valence-corrected chi connectivity index (χ3v) is 4.01. The molecular formula is C17H35N5O. The van der Waals surface area contributed by atoms with Crippen molar-refractivity contribution in [1.82, 2.24) is 15.5 Å². The Bertz CT molecular complexity index is 381. The first kappa shape index (κ1) is 19.7. The van der Waals surface area contributed by atoms with Crippen LogP contribution in [0.3, 0.4) is 0 Å². The van der Waals surface area contributed by atoms with Crippen molar-refractivity contribution in [1.29, 1.82) is 0 Å². The summed E-state index contributed by atoms with van der Waals surface area (Å²) in [6.07, 6.45) is 4.32. The summed E-state index contributed by atoms with van der Waals surface area (Å²) < 4.78 is 0. The first-order valence-electron chi connectivity index (χ1n) is 8.85. The van der Waals surface area contributed by atoms with E-state index >= 15 is 0 Å². The van der Waals surface area contributed by atoms with Crippen LogP contribution in [0.15, 0.2) is 4.99 Å². The quantitative estimate of drug-likeness (QED) is 0.374. The van der Waals surface area contributed by atoms with Crippen molar-refractivity contribution in [3.8, 4) is 0 Å². The normalized spacial score (nSPS) is 18.0. The van der Waals surface area contributed by atoms with Crippen LogP contribution in [0, 0.1) is 5.41 Å². The minimum Gasteiger partial charge on any atom is -0.369 e. The van der Waals surface area contributed by atoms with Gasteiger partial charge in [-0.05, 0) is 38.0 Å². The van der Waals surface area contributed by atoms with Crippen LogP contribution in [0.25, 0.3) is 0 Å². The lowest BCUT2D eigenvalue weighted by molar-refractivity contribution is -0.119. The van der Waals surface area contributed by atoms with E-state index in [2.05, 4.69) is 48.2 Å². The van der Waals surface area contributed by atoms with Crippen molar-refractivity contribution >= 4 is 11.9 Å². The van der Waals surface area contributed by atoms with Crippen molar-refractivity contribution in [2.75, 3.05) is 32.7 Å². The maximum Gasteiger partial charge on any atom is 0.231 e. The Balaban J connectivity index is 2.36. The van der Waals surface area contributed by atoms with Crippen LogP contribution >= 0.6 is 0 Å². The number of aliphatic imine (C=N–C) groups is 1. The number of carbonyl (C=O) groups excluding carboxylic acids is 1. The van der Waals surface area contributed by atoms with Crippen LogP contribution in [0.1, 0.15) is 53.4 Å². The number of primary amides is 1. The molecular weight excluding hydrogens is 290 g/mol. The third kappa shape index (κ3) is 9.43. The summed E-state index contributed by atoms with van der Waals surface area (Å²) in [5, 5.41) is 6.85. The van der Waals surface area contributed by atoms with E-state index in [9.17, 15) is 4.79 Å². The number of carbonyl (C=O) groups is 1. The highest BCUT2D eigenvalue weighted by atomic mass is 16.1. The smallest absolute Gasteiger partial charge is 0.231 e. The number of likely N-dealkylation sites (tertiary alicyclic amines) is 1. The zero-order valence-electron chi connectivity index (χ0n) is 15.3. The SMILES string of the molecule is CCNC(=NCCCC(C)(C)C)NC1CCN(CC(N)=O)CC1. The summed E-state index contributed by atoms with van der Waals surface area (Å²) in [6.45, 7) is 12.8. The van der Waals surface area contributed by atoms with Crippen LogP contribution in [0.4, 0.5) is 0 Å². The van der Waals surface area contributed by atoms with Crippen LogP contribution in [0.2, 0.25) is 0 Å². The largest absolute Gasteiger partial charge is 0.369 e. The summed E-state index contributed by atoms with van der Waals surface area (Å²) >= 11 is 0. The van der Waals surface area contributed by atoms with Gasteiger partial charge in [-0.2, -0.15) is 0 Å². The molecule has 1 amide bonds. The van der Waals surface area contributed by atoms with Gasteiger partial charge in [0.15, 0.2) is 5.96 Å². The molecule has 1 aliphatic rings. The highest BCUT2D eigenvalue weighted by Crippen LogP contribution is 2.20. The summed E-state index contributed by atoms with van der Waals surface area (Å²) in [6, 6.07) is 0.416. The number of piperidine rings is 1. The molecule has 1 fully saturated rings. The van der Waals surface area contributed by atoms with Gasteiger partial charge >= 0.3 is 0 Å². The molecule has 134 valence electrons. The van der Waals surface area contributed by atoms with Gasteiger partial charge in [0.25, 0.3) is 0 Å². The lowest BCUT2D eigenvalue weighted by atomic mass is 9.91. The van der Waals surface area contributed by atoms with Gasteiger partial charge in [-0.15, -0.1) is 0 Å². The van der Waals surface area contributed by atoms with Gasteiger partial charge < -0.3 is 16.4 Å². The van der Waals surface area contributed by atoms with E-state index in [1.807, 2.05) is 0 Å². The highest BCUT2D eigenvalue weighted by Gasteiger charge is 2.20. The molecule has 4 N–H and O–H groups in total. The van der Waals surface area contributed by atoms with Gasteiger partial charge in [-0.3, -0.25) is 14.7 Å². The van der Waals surface area contributed by atoms with Crippen LogP contribution in [0.5, 0.6) is 0 Å². The van der Waals surface area contributed by atoms with Gasteiger partial charge in [0.2, 0.25) is 5.91 Å². The van der Waals surface area contributed by atoms with E-state index in [0.29, 0.717) is 18.0 Å². The minimum atomic E-state index is -0.245. The Morgan fingerprint density at radius 3 is 2.48 bits per heavy atom. The molecule has 0 aromatic carbocycles. The van der Waals surface area contributed by atoms with E-state index in [-0.39, 0.29) is 5.91 Å². The molecule has 1 saturated heterocycles. The van der Waals surface area contributed by atoms with Crippen LogP contribution in [-0.4, -0.2) is 55.5 Å². The summed E-state index contributed by atoms with van der Waals surface area (Å²) in [5.41, 5.74) is 5.62. The molecule has 1 rings (SSSR count). The van der Waals surface area contributed by atoms with E-state index in [1.54, 1.807) is 0 Å². The van der Waals surface area contributed by atoms with Crippen LogP contribution < -0.4 is 16.4 Å². The third-order valence-electron chi connectivity index (χ3n) is 4.01. The molecule has 0 saturated carbocycles. The Morgan fingerprint density at radius 2 is 1.96 bits per heavy atom. The molecule has 0 aromatic rings. The molecule has 0 aromatic heterocycles. The molecule has 0 radical (unpaired) electrons. The zero-order chi connectivity index (χ0) is 17.3. The molecule has 23 heavy (non-hydrogen) atoms. The summed E-state index contributed by atoms with van der Waals surface area (Å²) in [4.78, 5) is 17.8. The first-order chi connectivity index (χ1) is 10.8. The molecule has 6 nitrogen and oxygen atoms in total. The van der Waals surface area contributed by atoms with Gasteiger partial charge in [-0.25, -0.2) is 0 Å². The average Bonchev–Trinajstić information content (AvgIpc) is 2.44. The Hall–Kier alpha value is -1.30. The zero-order valence-corrected chi connectivity index (χ0v) is 15.3. The fourth-order valence-corrected chi connectivity index (χ4v) is 2.77. The second-order valence-electron chi connectivity index (χ2n) is 7.59. The van der Waals surface area contributed by atoms with Gasteiger partial charge in [0.1, 0.15) is 0 Å². The fourth-order valence-electron chi connectivity index (χ4n) is 2.77. The number of nitrogens with zero attached hydrogens (tertiary/aromatic N) is 2. The Kier molecular flexibility index (Phi) is 8.37. The fraction of sp³-hybridized carbons (Fsp3) is 0.882. The maximum absolute atomic E-state index is 11.0. The lowest BCUT2D eigenvalue weighted by Crippen LogP contribution is -2.49. The predicted octanol–water partition coefficient (Wildman–Crippen LogP) is 1.32.